The first-order valence-electron chi connectivity index (χ1n) is 10.4. The highest BCUT2D eigenvalue weighted by Gasteiger charge is 2.36. The molecule has 31 heavy (non-hydrogen) atoms. The van der Waals surface area contributed by atoms with E-state index >= 15 is 0 Å². The summed E-state index contributed by atoms with van der Waals surface area (Å²) in [7, 11) is 0. The Hall–Kier alpha value is -3.08. The summed E-state index contributed by atoms with van der Waals surface area (Å²) in [6.45, 7) is 1.09. The third kappa shape index (κ3) is 3.73. The standard InChI is InChI=1S/C21H24N6O4/c28-10-15-8-16(29)21(31-15)27-12-24-17-18(22-11-23-19(17)27)25-14-6-7-26(9-14)20(30)13-4-2-1-3-5-13/h1-5,11-12,14-16,21,28-29H,6-10H2,(H,22,23,25)/t14-,15+,16-,21-/m1/s1. The van der Waals surface area contributed by atoms with Crippen LogP contribution in [-0.4, -0.2) is 78.5 Å². The van der Waals surface area contributed by atoms with Crippen LogP contribution in [0.4, 0.5) is 5.82 Å². The van der Waals surface area contributed by atoms with E-state index < -0.39 is 18.4 Å². The number of benzene rings is 1. The molecule has 2 fully saturated rings. The van der Waals surface area contributed by atoms with Crippen LogP contribution >= 0.6 is 0 Å². The van der Waals surface area contributed by atoms with Crippen LogP contribution in [0.2, 0.25) is 0 Å². The molecule has 0 unspecified atom stereocenters. The van der Waals surface area contributed by atoms with Gasteiger partial charge in [0, 0.05) is 31.1 Å². The van der Waals surface area contributed by atoms with Crippen LogP contribution in [0, 0.1) is 0 Å². The molecule has 0 aliphatic carbocycles. The molecule has 4 atom stereocenters. The number of carbonyl (C=O) groups is 1. The SMILES string of the molecule is O=C(c1ccccc1)N1CC[C@@H](Nc2ncnc3c2ncn3[C@@H]2O[C@H](CO)C[C@H]2O)C1. The summed E-state index contributed by atoms with van der Waals surface area (Å²) in [6, 6.07) is 9.31. The van der Waals surface area contributed by atoms with Gasteiger partial charge in [-0.3, -0.25) is 9.36 Å². The summed E-state index contributed by atoms with van der Waals surface area (Å²) >= 11 is 0. The lowest BCUT2D eigenvalue weighted by atomic mass is 10.2. The van der Waals surface area contributed by atoms with Crippen molar-refractivity contribution in [2.75, 3.05) is 25.0 Å². The Morgan fingerprint density at radius 2 is 2.06 bits per heavy atom. The van der Waals surface area contributed by atoms with Crippen molar-refractivity contribution in [1.29, 1.82) is 0 Å². The van der Waals surface area contributed by atoms with Crippen molar-refractivity contribution in [3.05, 3.63) is 48.5 Å². The first kappa shape index (κ1) is 19.9. The number of fused-ring (bicyclic) bond motifs is 1. The normalized spacial score (nSPS) is 25.9. The molecule has 5 rings (SSSR count). The molecule has 0 radical (unpaired) electrons. The number of hydrogen-bond acceptors (Lipinski definition) is 8. The van der Waals surface area contributed by atoms with E-state index in [0.29, 0.717) is 42.1 Å². The Labute approximate surface area is 178 Å². The fourth-order valence-electron chi connectivity index (χ4n) is 4.26. The van der Waals surface area contributed by atoms with Crippen LogP contribution in [0.25, 0.3) is 11.2 Å². The van der Waals surface area contributed by atoms with Crippen molar-refractivity contribution < 1.29 is 19.7 Å². The second kappa shape index (κ2) is 8.22. The van der Waals surface area contributed by atoms with E-state index in [2.05, 4.69) is 20.3 Å². The maximum Gasteiger partial charge on any atom is 0.253 e. The van der Waals surface area contributed by atoms with Gasteiger partial charge in [0.15, 0.2) is 23.2 Å². The zero-order valence-electron chi connectivity index (χ0n) is 16.8. The lowest BCUT2D eigenvalue weighted by molar-refractivity contribution is -0.0486. The lowest BCUT2D eigenvalue weighted by Crippen LogP contribution is -2.31. The highest BCUT2D eigenvalue weighted by molar-refractivity contribution is 5.94. The molecule has 10 heteroatoms. The first-order valence-corrected chi connectivity index (χ1v) is 10.4. The van der Waals surface area contributed by atoms with Crippen LogP contribution in [0.15, 0.2) is 43.0 Å². The van der Waals surface area contributed by atoms with Gasteiger partial charge >= 0.3 is 0 Å². The summed E-state index contributed by atoms with van der Waals surface area (Å²) in [5.74, 6) is 0.599. The lowest BCUT2D eigenvalue weighted by Gasteiger charge is -2.18. The predicted octanol–water partition coefficient (Wildman–Crippen LogP) is 0.794. The number of carbonyl (C=O) groups excluding carboxylic acids is 1. The molecule has 4 heterocycles. The molecule has 1 amide bonds. The summed E-state index contributed by atoms with van der Waals surface area (Å²) < 4.78 is 7.40. The van der Waals surface area contributed by atoms with Gasteiger partial charge in [-0.05, 0) is 18.6 Å². The van der Waals surface area contributed by atoms with E-state index in [9.17, 15) is 15.0 Å². The minimum atomic E-state index is -0.756. The number of aliphatic hydroxyl groups excluding tert-OH is 2. The molecule has 2 saturated heterocycles. The quantitative estimate of drug-likeness (QED) is 0.549. The van der Waals surface area contributed by atoms with Crippen molar-refractivity contribution in [3.8, 4) is 0 Å². The Morgan fingerprint density at radius 3 is 2.84 bits per heavy atom. The van der Waals surface area contributed by atoms with Crippen LogP contribution in [0.5, 0.6) is 0 Å². The van der Waals surface area contributed by atoms with Crippen LogP contribution < -0.4 is 5.32 Å². The third-order valence-electron chi connectivity index (χ3n) is 5.84. The fourth-order valence-corrected chi connectivity index (χ4v) is 4.26. The number of aliphatic hydroxyl groups is 2. The first-order chi connectivity index (χ1) is 15.1. The summed E-state index contributed by atoms with van der Waals surface area (Å²) in [5, 5.41) is 23.0. The fraction of sp³-hybridized carbons (Fsp3) is 0.429. The van der Waals surface area contributed by atoms with Crippen molar-refractivity contribution in [1.82, 2.24) is 24.4 Å². The number of amides is 1. The van der Waals surface area contributed by atoms with Crippen molar-refractivity contribution >= 4 is 22.9 Å². The Balaban J connectivity index is 1.32. The van der Waals surface area contributed by atoms with E-state index in [4.69, 9.17) is 4.74 Å². The smallest absolute Gasteiger partial charge is 0.253 e. The number of rotatable bonds is 5. The molecule has 10 nitrogen and oxygen atoms in total. The number of nitrogens with zero attached hydrogens (tertiary/aromatic N) is 5. The Kier molecular flexibility index (Phi) is 5.26. The third-order valence-corrected chi connectivity index (χ3v) is 5.84. The summed E-state index contributed by atoms with van der Waals surface area (Å²) in [4.78, 5) is 27.6. The Bertz CT molecular complexity index is 1070. The number of anilines is 1. The number of aromatic nitrogens is 4. The summed E-state index contributed by atoms with van der Waals surface area (Å²) in [5.41, 5.74) is 1.79. The van der Waals surface area contributed by atoms with Crippen LogP contribution in [-0.2, 0) is 4.74 Å². The van der Waals surface area contributed by atoms with Gasteiger partial charge in [0.25, 0.3) is 5.91 Å². The molecule has 0 saturated carbocycles. The molecule has 3 N–H and O–H groups in total. The summed E-state index contributed by atoms with van der Waals surface area (Å²) in [6.07, 6.45) is 2.33. The van der Waals surface area contributed by atoms with Gasteiger partial charge in [-0.15, -0.1) is 0 Å². The molecule has 162 valence electrons. The largest absolute Gasteiger partial charge is 0.394 e. The van der Waals surface area contributed by atoms with E-state index in [0.717, 1.165) is 6.42 Å². The molecular weight excluding hydrogens is 400 g/mol. The number of nitrogens with one attached hydrogen (secondary N) is 1. The molecular formula is C21H24N6O4. The second-order valence-corrected chi connectivity index (χ2v) is 7.93. The zero-order chi connectivity index (χ0) is 21.4. The monoisotopic (exact) mass is 424 g/mol. The van der Waals surface area contributed by atoms with Gasteiger partial charge in [-0.25, -0.2) is 15.0 Å². The minimum absolute atomic E-state index is 0.0211. The number of ether oxygens (including phenoxy) is 1. The highest BCUT2D eigenvalue weighted by atomic mass is 16.5. The van der Waals surface area contributed by atoms with Crippen LogP contribution in [0.1, 0.15) is 29.4 Å². The van der Waals surface area contributed by atoms with Crippen molar-refractivity contribution in [3.63, 3.8) is 0 Å². The highest BCUT2D eigenvalue weighted by Crippen LogP contribution is 2.32. The van der Waals surface area contributed by atoms with E-state index in [1.54, 1.807) is 10.9 Å². The zero-order valence-corrected chi connectivity index (χ0v) is 16.8. The second-order valence-electron chi connectivity index (χ2n) is 7.93. The van der Waals surface area contributed by atoms with E-state index in [1.807, 2.05) is 35.2 Å². The topological polar surface area (TPSA) is 126 Å². The molecule has 3 aromatic rings. The van der Waals surface area contributed by atoms with E-state index in [-0.39, 0.29) is 18.6 Å². The van der Waals surface area contributed by atoms with Gasteiger partial charge < -0.3 is 25.2 Å². The Morgan fingerprint density at radius 1 is 1.23 bits per heavy atom. The van der Waals surface area contributed by atoms with Crippen LogP contribution in [0.3, 0.4) is 0 Å². The molecule has 0 spiro atoms. The maximum absolute atomic E-state index is 12.7. The molecule has 0 bridgehead atoms. The van der Waals surface area contributed by atoms with Gasteiger partial charge in [0.05, 0.1) is 19.0 Å². The number of imidazole rings is 1. The van der Waals surface area contributed by atoms with Crippen molar-refractivity contribution in [2.24, 2.45) is 0 Å². The number of likely N-dealkylation sites (tertiary alicyclic amines) is 1. The average molecular weight is 424 g/mol. The molecule has 2 aromatic heterocycles. The van der Waals surface area contributed by atoms with E-state index in [1.165, 1.54) is 6.33 Å². The van der Waals surface area contributed by atoms with Crippen molar-refractivity contribution in [2.45, 2.75) is 37.3 Å². The number of hydrogen-bond donors (Lipinski definition) is 3. The predicted molar refractivity (Wildman–Crippen MR) is 111 cm³/mol. The van der Waals surface area contributed by atoms with Gasteiger partial charge in [-0.1, -0.05) is 18.2 Å². The van der Waals surface area contributed by atoms with Gasteiger partial charge in [-0.2, -0.15) is 0 Å². The van der Waals surface area contributed by atoms with Gasteiger partial charge in [0.1, 0.15) is 12.4 Å². The maximum atomic E-state index is 12.7. The molecule has 1 aromatic carbocycles. The van der Waals surface area contributed by atoms with Gasteiger partial charge in [0.2, 0.25) is 0 Å². The average Bonchev–Trinajstić information content (AvgIpc) is 3.52. The molecule has 2 aliphatic heterocycles. The molecule has 2 aliphatic rings. The minimum Gasteiger partial charge on any atom is -0.394 e.